The lowest BCUT2D eigenvalue weighted by atomic mass is 9.98. The number of nitrogens with one attached hydrogen (secondary N) is 1. The van der Waals surface area contributed by atoms with Crippen LogP contribution in [0.2, 0.25) is 0 Å². The lowest BCUT2D eigenvalue weighted by molar-refractivity contribution is 0.0945. The fourth-order valence-corrected chi connectivity index (χ4v) is 1.52. The molecule has 0 aliphatic carbocycles. The molecular formula is C10H9NO2. The molecule has 13 heavy (non-hydrogen) atoms. The van der Waals surface area contributed by atoms with E-state index in [2.05, 4.69) is 5.32 Å². The van der Waals surface area contributed by atoms with Crippen LogP contribution in [0.1, 0.15) is 26.3 Å². The standard InChI is InChI=1S/C10H9NO2/c12-6-7-1-2-9-8(5-7)3-4-11-10(9)13/h1-2,5-6H,3-4H2,(H,11,13). The molecule has 2 rings (SSSR count). The molecule has 0 atom stereocenters. The molecule has 3 heteroatoms. The van der Waals surface area contributed by atoms with Gasteiger partial charge in [-0.15, -0.1) is 0 Å². The zero-order valence-electron chi connectivity index (χ0n) is 7.04. The highest BCUT2D eigenvalue weighted by Crippen LogP contribution is 2.14. The van der Waals surface area contributed by atoms with E-state index in [4.69, 9.17) is 0 Å². The van der Waals surface area contributed by atoms with Crippen molar-refractivity contribution in [3.8, 4) is 0 Å². The molecule has 0 spiro atoms. The molecule has 1 aliphatic rings. The Balaban J connectivity index is 2.51. The van der Waals surface area contributed by atoms with Gasteiger partial charge in [0.25, 0.3) is 5.91 Å². The maximum absolute atomic E-state index is 11.3. The van der Waals surface area contributed by atoms with Crippen LogP contribution in [0.4, 0.5) is 0 Å². The van der Waals surface area contributed by atoms with Crippen LogP contribution in [-0.2, 0) is 6.42 Å². The van der Waals surface area contributed by atoms with Gasteiger partial charge in [-0.05, 0) is 24.1 Å². The van der Waals surface area contributed by atoms with Crippen LogP contribution in [0.3, 0.4) is 0 Å². The van der Waals surface area contributed by atoms with Crippen molar-refractivity contribution in [2.45, 2.75) is 6.42 Å². The molecule has 0 saturated heterocycles. The number of carbonyl (C=O) groups is 2. The first kappa shape index (κ1) is 7.98. The summed E-state index contributed by atoms with van der Waals surface area (Å²) in [6.07, 6.45) is 1.61. The van der Waals surface area contributed by atoms with Crippen molar-refractivity contribution in [3.05, 3.63) is 34.9 Å². The molecule has 3 nitrogen and oxygen atoms in total. The van der Waals surface area contributed by atoms with Crippen LogP contribution in [-0.4, -0.2) is 18.7 Å². The average Bonchev–Trinajstić information content (AvgIpc) is 2.18. The van der Waals surface area contributed by atoms with Crippen LogP contribution in [0, 0.1) is 0 Å². The van der Waals surface area contributed by atoms with Gasteiger partial charge < -0.3 is 5.32 Å². The van der Waals surface area contributed by atoms with E-state index in [0.29, 0.717) is 17.7 Å². The van der Waals surface area contributed by atoms with Gasteiger partial charge >= 0.3 is 0 Å². The van der Waals surface area contributed by atoms with Gasteiger partial charge in [-0.3, -0.25) is 9.59 Å². The Bertz CT molecular complexity index is 371. The van der Waals surface area contributed by atoms with E-state index in [1.54, 1.807) is 18.2 Å². The number of carbonyl (C=O) groups excluding carboxylic acids is 2. The molecule has 1 N–H and O–H groups in total. The number of benzene rings is 1. The van der Waals surface area contributed by atoms with Gasteiger partial charge in [0.15, 0.2) is 0 Å². The smallest absolute Gasteiger partial charge is 0.251 e. The molecule has 66 valence electrons. The largest absolute Gasteiger partial charge is 0.352 e. The highest BCUT2D eigenvalue weighted by molar-refractivity contribution is 5.97. The molecule has 1 aliphatic heterocycles. The van der Waals surface area contributed by atoms with E-state index in [9.17, 15) is 9.59 Å². The van der Waals surface area contributed by atoms with Crippen molar-refractivity contribution in [2.24, 2.45) is 0 Å². The minimum absolute atomic E-state index is 0.0429. The third-order valence-electron chi connectivity index (χ3n) is 2.19. The minimum Gasteiger partial charge on any atom is -0.352 e. The predicted molar refractivity (Wildman–Crippen MR) is 47.9 cm³/mol. The average molecular weight is 175 g/mol. The van der Waals surface area contributed by atoms with Gasteiger partial charge in [0, 0.05) is 17.7 Å². The lowest BCUT2D eigenvalue weighted by Gasteiger charge is -2.15. The van der Waals surface area contributed by atoms with Crippen molar-refractivity contribution < 1.29 is 9.59 Å². The maximum Gasteiger partial charge on any atom is 0.251 e. The van der Waals surface area contributed by atoms with E-state index in [1.165, 1.54) is 0 Å². The van der Waals surface area contributed by atoms with Gasteiger partial charge in [-0.2, -0.15) is 0 Å². The van der Waals surface area contributed by atoms with Crippen LogP contribution in [0.15, 0.2) is 18.2 Å². The Kier molecular flexibility index (Phi) is 1.85. The summed E-state index contributed by atoms with van der Waals surface area (Å²) in [4.78, 5) is 21.8. The number of amides is 1. The van der Waals surface area contributed by atoms with E-state index in [-0.39, 0.29) is 5.91 Å². The molecule has 1 heterocycles. The third kappa shape index (κ3) is 1.33. The highest BCUT2D eigenvalue weighted by atomic mass is 16.1. The predicted octanol–water partition coefficient (Wildman–Crippen LogP) is 0.785. The summed E-state index contributed by atoms with van der Waals surface area (Å²) in [5.74, 6) is -0.0429. The Hall–Kier alpha value is -1.64. The molecule has 1 aromatic rings. The second-order valence-corrected chi connectivity index (χ2v) is 3.04. The van der Waals surface area contributed by atoms with E-state index >= 15 is 0 Å². The van der Waals surface area contributed by atoms with Crippen molar-refractivity contribution in [2.75, 3.05) is 6.54 Å². The van der Waals surface area contributed by atoms with Crippen LogP contribution in [0.5, 0.6) is 0 Å². The van der Waals surface area contributed by atoms with Crippen molar-refractivity contribution in [1.82, 2.24) is 5.32 Å². The van der Waals surface area contributed by atoms with Gasteiger partial charge in [0.2, 0.25) is 0 Å². The van der Waals surface area contributed by atoms with Crippen molar-refractivity contribution in [3.63, 3.8) is 0 Å². The number of hydrogen-bond acceptors (Lipinski definition) is 2. The molecule has 0 fully saturated rings. The Morgan fingerprint density at radius 1 is 1.38 bits per heavy atom. The molecule has 1 amide bonds. The molecule has 0 bridgehead atoms. The Morgan fingerprint density at radius 2 is 2.23 bits per heavy atom. The molecule has 0 radical (unpaired) electrons. The first-order valence-corrected chi connectivity index (χ1v) is 4.17. The van der Waals surface area contributed by atoms with Gasteiger partial charge in [-0.1, -0.05) is 6.07 Å². The SMILES string of the molecule is O=Cc1ccc2c(c1)CCNC2=O. The fourth-order valence-electron chi connectivity index (χ4n) is 1.52. The number of aldehydes is 1. The zero-order chi connectivity index (χ0) is 9.26. The topological polar surface area (TPSA) is 46.2 Å². The van der Waals surface area contributed by atoms with Crippen molar-refractivity contribution in [1.29, 1.82) is 0 Å². The summed E-state index contributed by atoms with van der Waals surface area (Å²) in [5.41, 5.74) is 2.29. The summed E-state index contributed by atoms with van der Waals surface area (Å²) in [6.45, 7) is 0.661. The van der Waals surface area contributed by atoms with Crippen LogP contribution >= 0.6 is 0 Å². The van der Waals surface area contributed by atoms with Crippen LogP contribution < -0.4 is 5.32 Å². The Morgan fingerprint density at radius 3 is 3.00 bits per heavy atom. The van der Waals surface area contributed by atoms with E-state index in [1.807, 2.05) is 0 Å². The first-order valence-electron chi connectivity index (χ1n) is 4.17. The van der Waals surface area contributed by atoms with E-state index in [0.717, 1.165) is 18.3 Å². The van der Waals surface area contributed by atoms with Crippen molar-refractivity contribution >= 4 is 12.2 Å². The van der Waals surface area contributed by atoms with E-state index < -0.39 is 0 Å². The summed E-state index contributed by atoms with van der Waals surface area (Å²) in [6, 6.07) is 5.14. The first-order chi connectivity index (χ1) is 6.31. The lowest BCUT2D eigenvalue weighted by Crippen LogP contribution is -2.31. The number of fused-ring (bicyclic) bond motifs is 1. The second kappa shape index (κ2) is 3.01. The fraction of sp³-hybridized carbons (Fsp3) is 0.200. The molecule has 0 aromatic heterocycles. The summed E-state index contributed by atoms with van der Waals surface area (Å²) in [5, 5.41) is 2.75. The Labute approximate surface area is 75.8 Å². The monoisotopic (exact) mass is 175 g/mol. The van der Waals surface area contributed by atoms with Gasteiger partial charge in [0.1, 0.15) is 6.29 Å². The highest BCUT2D eigenvalue weighted by Gasteiger charge is 2.15. The normalized spacial score (nSPS) is 14.6. The molecular weight excluding hydrogens is 166 g/mol. The minimum atomic E-state index is -0.0429. The van der Waals surface area contributed by atoms with Crippen LogP contribution in [0.25, 0.3) is 0 Å². The summed E-state index contributed by atoms with van der Waals surface area (Å²) < 4.78 is 0. The molecule has 0 saturated carbocycles. The van der Waals surface area contributed by atoms with Gasteiger partial charge in [0.05, 0.1) is 0 Å². The third-order valence-corrected chi connectivity index (χ3v) is 2.19. The number of rotatable bonds is 1. The zero-order valence-corrected chi connectivity index (χ0v) is 7.04. The second-order valence-electron chi connectivity index (χ2n) is 3.04. The quantitative estimate of drug-likeness (QED) is 0.641. The summed E-state index contributed by atoms with van der Waals surface area (Å²) in [7, 11) is 0. The molecule has 0 unspecified atom stereocenters. The number of hydrogen-bond donors (Lipinski definition) is 1. The summed E-state index contributed by atoms with van der Waals surface area (Å²) >= 11 is 0. The maximum atomic E-state index is 11.3. The van der Waals surface area contributed by atoms with Gasteiger partial charge in [-0.25, -0.2) is 0 Å². The molecule has 1 aromatic carbocycles.